The Labute approximate surface area is 135 Å². The van der Waals surface area contributed by atoms with Crippen molar-refractivity contribution in [2.75, 3.05) is 31.1 Å². The van der Waals surface area contributed by atoms with E-state index in [0.717, 1.165) is 31.8 Å². The minimum atomic E-state index is -0.425. The fraction of sp³-hybridized carbons (Fsp3) is 0.529. The Kier molecular flexibility index (Phi) is 2.89. The number of hydrogen-bond acceptors (Lipinski definition) is 4. The Morgan fingerprint density at radius 2 is 1.96 bits per heavy atom. The number of likely N-dealkylation sites (tertiary alicyclic amines) is 1. The Hall–Kier alpha value is -2.24. The van der Waals surface area contributed by atoms with E-state index >= 15 is 0 Å². The summed E-state index contributed by atoms with van der Waals surface area (Å²) in [5.74, 6) is 0. The number of nitrogens with zero attached hydrogens (tertiary/aromatic N) is 4. The number of anilines is 1. The van der Waals surface area contributed by atoms with Crippen molar-refractivity contribution in [2.45, 2.75) is 26.4 Å². The summed E-state index contributed by atoms with van der Waals surface area (Å²) < 4.78 is 7.42. The van der Waals surface area contributed by atoms with Gasteiger partial charge in [0, 0.05) is 61.9 Å². The van der Waals surface area contributed by atoms with Crippen LogP contribution in [0.1, 0.15) is 20.8 Å². The molecule has 23 heavy (non-hydrogen) atoms. The number of amides is 1. The maximum Gasteiger partial charge on any atom is 0.410 e. The summed E-state index contributed by atoms with van der Waals surface area (Å²) in [5, 5.41) is 0. The number of fused-ring (bicyclic) bond motifs is 1. The van der Waals surface area contributed by atoms with Crippen LogP contribution in [-0.4, -0.2) is 52.2 Å². The van der Waals surface area contributed by atoms with Crippen molar-refractivity contribution in [3.05, 3.63) is 30.7 Å². The van der Waals surface area contributed by atoms with Gasteiger partial charge in [0.1, 0.15) is 11.2 Å². The van der Waals surface area contributed by atoms with Crippen LogP contribution in [0.2, 0.25) is 0 Å². The summed E-state index contributed by atoms with van der Waals surface area (Å²) in [6.45, 7) is 9.27. The van der Waals surface area contributed by atoms with E-state index in [1.807, 2.05) is 37.6 Å². The molecule has 2 aliphatic rings. The van der Waals surface area contributed by atoms with Gasteiger partial charge in [0.25, 0.3) is 0 Å². The first-order valence-corrected chi connectivity index (χ1v) is 7.99. The molecule has 4 rings (SSSR count). The highest BCUT2D eigenvalue weighted by atomic mass is 16.6. The third-order valence-corrected chi connectivity index (χ3v) is 4.50. The molecule has 0 aliphatic carbocycles. The van der Waals surface area contributed by atoms with Crippen molar-refractivity contribution in [3.63, 3.8) is 0 Å². The average molecular weight is 314 g/mol. The quantitative estimate of drug-likeness (QED) is 0.811. The average Bonchev–Trinajstić information content (AvgIpc) is 2.80. The van der Waals surface area contributed by atoms with Crippen LogP contribution in [0.3, 0.4) is 0 Å². The molecule has 6 heteroatoms. The molecule has 0 saturated carbocycles. The Balaban J connectivity index is 1.34. The number of rotatable bonds is 1. The highest BCUT2D eigenvalue weighted by molar-refractivity contribution is 5.70. The molecule has 2 aromatic rings. The van der Waals surface area contributed by atoms with Crippen molar-refractivity contribution >= 4 is 17.4 Å². The van der Waals surface area contributed by atoms with E-state index in [2.05, 4.69) is 22.0 Å². The van der Waals surface area contributed by atoms with Gasteiger partial charge in [-0.25, -0.2) is 9.78 Å². The SMILES string of the molecule is CC(C)(C)OC(=O)N1CC2(C1)CN(c1ccn3ccnc3c1)C2. The van der Waals surface area contributed by atoms with Crippen LogP contribution in [-0.2, 0) is 4.74 Å². The zero-order chi connectivity index (χ0) is 16.2. The fourth-order valence-corrected chi connectivity index (χ4v) is 3.46. The van der Waals surface area contributed by atoms with E-state index in [1.54, 1.807) is 11.1 Å². The zero-order valence-corrected chi connectivity index (χ0v) is 13.8. The Bertz CT molecular complexity index is 747. The summed E-state index contributed by atoms with van der Waals surface area (Å²) in [4.78, 5) is 20.5. The molecule has 2 aromatic heterocycles. The normalized spacial score (nSPS) is 19.6. The van der Waals surface area contributed by atoms with E-state index < -0.39 is 5.60 Å². The van der Waals surface area contributed by atoms with E-state index in [9.17, 15) is 4.79 Å². The lowest BCUT2D eigenvalue weighted by atomic mass is 9.73. The standard InChI is InChI=1S/C17H22N4O2/c1-16(2,3)23-15(22)21-11-17(12-21)9-20(10-17)13-4-6-19-7-5-18-14(19)8-13/h4-8H,9-12H2,1-3H3. The molecule has 2 fully saturated rings. The molecule has 6 nitrogen and oxygen atoms in total. The van der Waals surface area contributed by atoms with Gasteiger partial charge in [0.15, 0.2) is 0 Å². The van der Waals surface area contributed by atoms with Crippen LogP contribution in [0.4, 0.5) is 10.5 Å². The van der Waals surface area contributed by atoms with Gasteiger partial charge in [-0.2, -0.15) is 0 Å². The number of ether oxygens (including phenoxy) is 1. The second-order valence-corrected chi connectivity index (χ2v) is 7.77. The zero-order valence-electron chi connectivity index (χ0n) is 13.8. The van der Waals surface area contributed by atoms with Crippen molar-refractivity contribution in [3.8, 4) is 0 Å². The summed E-state index contributed by atoms with van der Waals surface area (Å²) in [5.41, 5.74) is 1.99. The highest BCUT2D eigenvalue weighted by Crippen LogP contribution is 2.42. The van der Waals surface area contributed by atoms with Gasteiger partial charge in [-0.1, -0.05) is 0 Å². The minimum absolute atomic E-state index is 0.194. The second kappa shape index (κ2) is 4.63. The third-order valence-electron chi connectivity index (χ3n) is 4.50. The first-order valence-electron chi connectivity index (χ1n) is 7.99. The molecule has 0 bridgehead atoms. The van der Waals surface area contributed by atoms with E-state index in [1.165, 1.54) is 5.69 Å². The lowest BCUT2D eigenvalue weighted by molar-refractivity contribution is -0.0452. The van der Waals surface area contributed by atoms with Crippen LogP contribution in [0.25, 0.3) is 5.65 Å². The van der Waals surface area contributed by atoms with Crippen molar-refractivity contribution < 1.29 is 9.53 Å². The Morgan fingerprint density at radius 3 is 2.65 bits per heavy atom. The summed E-state index contributed by atoms with van der Waals surface area (Å²) in [7, 11) is 0. The van der Waals surface area contributed by atoms with Gasteiger partial charge in [0.05, 0.1) is 0 Å². The predicted molar refractivity (Wildman–Crippen MR) is 87.6 cm³/mol. The van der Waals surface area contributed by atoms with Crippen molar-refractivity contribution in [1.82, 2.24) is 14.3 Å². The maximum absolute atomic E-state index is 12.0. The number of carbonyl (C=O) groups excluding carboxylic acids is 1. The number of hydrogen-bond donors (Lipinski definition) is 0. The molecule has 122 valence electrons. The first-order chi connectivity index (χ1) is 10.8. The van der Waals surface area contributed by atoms with Gasteiger partial charge in [-0.05, 0) is 26.8 Å². The maximum atomic E-state index is 12.0. The van der Waals surface area contributed by atoms with Crippen LogP contribution >= 0.6 is 0 Å². The van der Waals surface area contributed by atoms with Gasteiger partial charge < -0.3 is 18.9 Å². The summed E-state index contributed by atoms with van der Waals surface area (Å²) in [6.07, 6.45) is 5.60. The number of aromatic nitrogens is 2. The van der Waals surface area contributed by atoms with Crippen LogP contribution in [0.5, 0.6) is 0 Å². The molecule has 1 spiro atoms. The molecule has 0 unspecified atom stereocenters. The molecule has 0 N–H and O–H groups in total. The molecule has 2 aliphatic heterocycles. The molecular weight excluding hydrogens is 292 g/mol. The van der Waals surface area contributed by atoms with Crippen molar-refractivity contribution in [2.24, 2.45) is 5.41 Å². The van der Waals surface area contributed by atoms with Crippen LogP contribution < -0.4 is 4.90 Å². The molecular formula is C17H22N4O2. The van der Waals surface area contributed by atoms with Gasteiger partial charge >= 0.3 is 6.09 Å². The third kappa shape index (κ3) is 2.52. The minimum Gasteiger partial charge on any atom is -0.444 e. The second-order valence-electron chi connectivity index (χ2n) is 7.77. The molecule has 2 saturated heterocycles. The van der Waals surface area contributed by atoms with E-state index in [4.69, 9.17) is 4.74 Å². The topological polar surface area (TPSA) is 50.1 Å². The predicted octanol–water partition coefficient (Wildman–Crippen LogP) is 2.39. The van der Waals surface area contributed by atoms with Gasteiger partial charge in [-0.15, -0.1) is 0 Å². The van der Waals surface area contributed by atoms with E-state index in [0.29, 0.717) is 0 Å². The smallest absolute Gasteiger partial charge is 0.410 e. The fourth-order valence-electron chi connectivity index (χ4n) is 3.46. The number of pyridine rings is 1. The largest absolute Gasteiger partial charge is 0.444 e. The summed E-state index contributed by atoms with van der Waals surface area (Å²) >= 11 is 0. The van der Waals surface area contributed by atoms with Gasteiger partial charge in [-0.3, -0.25) is 0 Å². The Morgan fingerprint density at radius 1 is 1.22 bits per heavy atom. The molecule has 0 atom stereocenters. The van der Waals surface area contributed by atoms with Crippen LogP contribution in [0, 0.1) is 5.41 Å². The molecule has 0 aromatic carbocycles. The number of imidazole rings is 1. The van der Waals surface area contributed by atoms with Gasteiger partial charge in [0.2, 0.25) is 0 Å². The summed E-state index contributed by atoms with van der Waals surface area (Å²) in [6, 6.07) is 4.23. The molecule has 4 heterocycles. The lowest BCUT2D eigenvalue weighted by Crippen LogP contribution is -2.73. The van der Waals surface area contributed by atoms with Crippen molar-refractivity contribution in [1.29, 1.82) is 0 Å². The lowest BCUT2D eigenvalue weighted by Gasteiger charge is -2.60. The monoisotopic (exact) mass is 314 g/mol. The molecule has 0 radical (unpaired) electrons. The van der Waals surface area contributed by atoms with Crippen LogP contribution in [0.15, 0.2) is 30.7 Å². The molecule has 1 amide bonds. The highest BCUT2D eigenvalue weighted by Gasteiger charge is 2.54. The first kappa shape index (κ1) is 14.4. The van der Waals surface area contributed by atoms with E-state index in [-0.39, 0.29) is 11.5 Å². The number of carbonyl (C=O) groups is 1.